The minimum absolute atomic E-state index is 0.0994. The van der Waals surface area contributed by atoms with Crippen LogP contribution in [0.15, 0.2) is 77.7 Å². The van der Waals surface area contributed by atoms with Crippen LogP contribution in [-0.2, 0) is 26.2 Å². The van der Waals surface area contributed by atoms with Crippen LogP contribution >= 0.6 is 0 Å². The van der Waals surface area contributed by atoms with Crippen LogP contribution in [0.3, 0.4) is 0 Å². The Morgan fingerprint density at radius 3 is 2.07 bits per heavy atom. The number of amides is 2. The van der Waals surface area contributed by atoms with Gasteiger partial charge in [0.1, 0.15) is 12.6 Å². The molecule has 3 aromatic carbocycles. The highest BCUT2D eigenvalue weighted by Gasteiger charge is 2.34. The lowest BCUT2D eigenvalue weighted by Crippen LogP contribution is -2.54. The first-order valence-electron chi connectivity index (χ1n) is 14.9. The summed E-state index contributed by atoms with van der Waals surface area (Å²) in [4.78, 5) is 29.6. The van der Waals surface area contributed by atoms with Gasteiger partial charge in [-0.2, -0.15) is 0 Å². The summed E-state index contributed by atoms with van der Waals surface area (Å²) in [7, 11) is -4.08. The maximum absolute atomic E-state index is 14.3. The normalized spacial score (nSPS) is 14.7. The lowest BCUT2D eigenvalue weighted by Gasteiger charge is -2.34. The number of benzene rings is 3. The summed E-state index contributed by atoms with van der Waals surface area (Å²) in [5.41, 5.74) is 4.18. The van der Waals surface area contributed by atoms with Gasteiger partial charge in [-0.05, 0) is 75.4 Å². The lowest BCUT2D eigenvalue weighted by atomic mass is 9.95. The zero-order valence-electron chi connectivity index (χ0n) is 25.2. The van der Waals surface area contributed by atoms with Gasteiger partial charge in [0, 0.05) is 12.6 Å². The topological polar surface area (TPSA) is 86.8 Å². The molecule has 0 aliphatic heterocycles. The molecule has 1 N–H and O–H groups in total. The second-order valence-electron chi connectivity index (χ2n) is 11.4. The molecular formula is C34H43N3O4S. The average molecular weight is 590 g/mol. The SMILES string of the molecule is CC[C@H](C(=O)NC1CCCCC1)N(Cc1ccc(C)cc1)C(=O)CN(c1cccc(C)c1)S(=O)(=O)c1ccc(C)cc1. The van der Waals surface area contributed by atoms with Crippen LogP contribution in [-0.4, -0.2) is 43.8 Å². The van der Waals surface area contributed by atoms with Gasteiger partial charge in [-0.3, -0.25) is 13.9 Å². The van der Waals surface area contributed by atoms with E-state index >= 15 is 0 Å². The summed E-state index contributed by atoms with van der Waals surface area (Å²) in [5, 5.41) is 3.19. The van der Waals surface area contributed by atoms with E-state index in [9.17, 15) is 18.0 Å². The molecule has 0 heterocycles. The Morgan fingerprint density at radius 1 is 0.857 bits per heavy atom. The summed E-state index contributed by atoms with van der Waals surface area (Å²) in [6.07, 6.45) is 5.61. The van der Waals surface area contributed by atoms with Gasteiger partial charge in [0.25, 0.3) is 10.0 Å². The summed E-state index contributed by atoms with van der Waals surface area (Å²) < 4.78 is 29.2. The zero-order chi connectivity index (χ0) is 30.3. The molecule has 2 amide bonds. The van der Waals surface area contributed by atoms with Gasteiger partial charge in [-0.1, -0.05) is 85.8 Å². The number of hydrogen-bond acceptors (Lipinski definition) is 4. The molecule has 0 saturated heterocycles. The molecule has 3 aromatic rings. The molecule has 1 aliphatic rings. The second-order valence-corrected chi connectivity index (χ2v) is 13.3. The van der Waals surface area contributed by atoms with E-state index < -0.39 is 28.5 Å². The number of sulfonamides is 1. The van der Waals surface area contributed by atoms with Gasteiger partial charge in [-0.25, -0.2) is 8.42 Å². The molecule has 7 nitrogen and oxygen atoms in total. The number of nitrogens with zero attached hydrogens (tertiary/aromatic N) is 2. The highest BCUT2D eigenvalue weighted by Crippen LogP contribution is 2.26. The average Bonchev–Trinajstić information content (AvgIpc) is 2.97. The molecule has 1 fully saturated rings. The first-order chi connectivity index (χ1) is 20.1. The van der Waals surface area contributed by atoms with Crippen molar-refractivity contribution in [1.29, 1.82) is 0 Å². The second kappa shape index (κ2) is 14.0. The summed E-state index contributed by atoms with van der Waals surface area (Å²) in [6, 6.07) is 20.9. The van der Waals surface area contributed by atoms with Crippen LogP contribution in [0.5, 0.6) is 0 Å². The number of hydrogen-bond donors (Lipinski definition) is 1. The Balaban J connectivity index is 1.70. The van der Waals surface area contributed by atoms with Crippen LogP contribution in [0.2, 0.25) is 0 Å². The monoisotopic (exact) mass is 589 g/mol. The Bertz CT molecular complexity index is 1460. The molecule has 1 aliphatic carbocycles. The zero-order valence-corrected chi connectivity index (χ0v) is 26.0. The largest absolute Gasteiger partial charge is 0.352 e. The summed E-state index contributed by atoms with van der Waals surface area (Å²) >= 11 is 0. The van der Waals surface area contributed by atoms with Crippen LogP contribution < -0.4 is 9.62 Å². The fourth-order valence-corrected chi connectivity index (χ4v) is 6.91. The number of anilines is 1. The molecule has 4 rings (SSSR count). The summed E-state index contributed by atoms with van der Waals surface area (Å²) in [6.45, 7) is 7.43. The van der Waals surface area contributed by atoms with Gasteiger partial charge < -0.3 is 10.2 Å². The van der Waals surface area contributed by atoms with E-state index in [1.54, 1.807) is 47.4 Å². The molecule has 0 aromatic heterocycles. The minimum Gasteiger partial charge on any atom is -0.352 e. The predicted octanol–water partition coefficient (Wildman–Crippen LogP) is 6.06. The molecule has 8 heteroatoms. The van der Waals surface area contributed by atoms with Crippen molar-refractivity contribution in [1.82, 2.24) is 10.2 Å². The minimum atomic E-state index is -4.08. The van der Waals surface area contributed by atoms with E-state index in [0.717, 1.165) is 47.9 Å². The van der Waals surface area contributed by atoms with Crippen molar-refractivity contribution in [2.75, 3.05) is 10.8 Å². The van der Waals surface area contributed by atoms with E-state index in [1.165, 1.54) is 10.7 Å². The number of aryl methyl sites for hydroxylation is 3. The molecule has 1 saturated carbocycles. The van der Waals surface area contributed by atoms with Crippen LogP contribution in [0.1, 0.15) is 67.7 Å². The van der Waals surface area contributed by atoms with E-state index in [0.29, 0.717) is 12.1 Å². The third-order valence-corrected chi connectivity index (χ3v) is 9.78. The predicted molar refractivity (Wildman–Crippen MR) is 168 cm³/mol. The van der Waals surface area contributed by atoms with Gasteiger partial charge in [0.2, 0.25) is 11.8 Å². The Morgan fingerprint density at radius 2 is 1.48 bits per heavy atom. The van der Waals surface area contributed by atoms with Gasteiger partial charge in [-0.15, -0.1) is 0 Å². The maximum Gasteiger partial charge on any atom is 0.264 e. The molecule has 0 radical (unpaired) electrons. The van der Waals surface area contributed by atoms with Crippen molar-refractivity contribution in [2.24, 2.45) is 0 Å². The van der Waals surface area contributed by atoms with E-state index in [-0.39, 0.29) is 23.4 Å². The van der Waals surface area contributed by atoms with Crippen molar-refractivity contribution >= 4 is 27.5 Å². The van der Waals surface area contributed by atoms with E-state index in [1.807, 2.05) is 58.0 Å². The third kappa shape index (κ3) is 7.79. The lowest BCUT2D eigenvalue weighted by molar-refractivity contribution is -0.140. The number of carbonyl (C=O) groups is 2. The molecule has 0 spiro atoms. The quantitative estimate of drug-likeness (QED) is 0.294. The van der Waals surface area contributed by atoms with Crippen molar-refractivity contribution in [3.05, 3.63) is 95.1 Å². The number of rotatable bonds is 11. The van der Waals surface area contributed by atoms with Crippen LogP contribution in [0.25, 0.3) is 0 Å². The fraction of sp³-hybridized carbons (Fsp3) is 0.412. The molecule has 42 heavy (non-hydrogen) atoms. The third-order valence-electron chi connectivity index (χ3n) is 7.99. The van der Waals surface area contributed by atoms with E-state index in [4.69, 9.17) is 0 Å². The Hall–Kier alpha value is -3.65. The maximum atomic E-state index is 14.3. The van der Waals surface area contributed by atoms with E-state index in [2.05, 4.69) is 5.32 Å². The number of carbonyl (C=O) groups excluding carboxylic acids is 2. The Kier molecular flexibility index (Phi) is 10.4. The van der Waals surface area contributed by atoms with Crippen LogP contribution in [0, 0.1) is 20.8 Å². The van der Waals surface area contributed by atoms with Crippen molar-refractivity contribution in [2.45, 2.75) is 89.7 Å². The number of nitrogens with one attached hydrogen (secondary N) is 1. The van der Waals surface area contributed by atoms with Crippen molar-refractivity contribution in [3.63, 3.8) is 0 Å². The van der Waals surface area contributed by atoms with Gasteiger partial charge in [0.05, 0.1) is 10.6 Å². The first-order valence-corrected chi connectivity index (χ1v) is 16.3. The molecular weight excluding hydrogens is 546 g/mol. The first kappa shape index (κ1) is 31.3. The molecule has 224 valence electrons. The van der Waals surface area contributed by atoms with Crippen molar-refractivity contribution in [3.8, 4) is 0 Å². The van der Waals surface area contributed by atoms with Gasteiger partial charge in [0.15, 0.2) is 0 Å². The standard InChI is InChI=1S/C34H43N3O4S/c1-5-32(34(39)35-29-11-7-6-8-12-29)36(23-28-18-14-25(2)15-19-28)33(38)24-37(30-13-9-10-27(4)22-30)42(40,41)31-20-16-26(3)17-21-31/h9-10,13-22,29,32H,5-8,11-12,23-24H2,1-4H3,(H,35,39)/t32-/m1/s1. The highest BCUT2D eigenvalue weighted by atomic mass is 32.2. The van der Waals surface area contributed by atoms with Crippen LogP contribution in [0.4, 0.5) is 5.69 Å². The Labute approximate surface area is 251 Å². The molecule has 1 atom stereocenters. The van der Waals surface area contributed by atoms with Gasteiger partial charge >= 0.3 is 0 Å². The van der Waals surface area contributed by atoms with Crippen molar-refractivity contribution < 1.29 is 18.0 Å². The highest BCUT2D eigenvalue weighted by molar-refractivity contribution is 7.92. The fourth-order valence-electron chi connectivity index (χ4n) is 5.50. The molecule has 0 unspecified atom stereocenters. The molecule has 0 bridgehead atoms. The summed E-state index contributed by atoms with van der Waals surface area (Å²) in [5.74, 6) is -0.619. The smallest absolute Gasteiger partial charge is 0.264 e.